The molecule has 0 aliphatic heterocycles. The standard InChI is InChI=1S/C19H25NO2S/c1-12(21)17-8-13(11-23-17)9-18(22)20-7-6-14-4-5-15-10-16(14)19(15,2)3/h4,8,11,15-16H,5-7,9-10H2,1-3H3,(H,20,22)/t15-,16-/m0/s1. The molecule has 4 heteroatoms. The van der Waals surface area contributed by atoms with Crippen LogP contribution in [-0.2, 0) is 11.2 Å². The van der Waals surface area contributed by atoms with E-state index in [0.717, 1.165) is 22.8 Å². The Kier molecular flexibility index (Phi) is 4.45. The van der Waals surface area contributed by atoms with Gasteiger partial charge in [0.1, 0.15) is 0 Å². The zero-order chi connectivity index (χ0) is 16.6. The molecule has 1 heterocycles. The Morgan fingerprint density at radius 1 is 1.39 bits per heavy atom. The summed E-state index contributed by atoms with van der Waals surface area (Å²) in [6.45, 7) is 7.02. The van der Waals surface area contributed by atoms with Crippen LogP contribution in [0.2, 0.25) is 0 Å². The Bertz CT molecular complexity index is 656. The minimum absolute atomic E-state index is 0.0417. The number of nitrogens with one attached hydrogen (secondary N) is 1. The fourth-order valence-electron chi connectivity index (χ4n) is 4.00. The predicted octanol–water partition coefficient (Wildman–Crippen LogP) is 3.99. The maximum atomic E-state index is 12.0. The van der Waals surface area contributed by atoms with E-state index in [9.17, 15) is 9.59 Å². The SMILES string of the molecule is CC(=O)c1cc(CC(=O)NCCC2=CC[C@H]3C[C@@H]2C3(C)C)cs1. The highest BCUT2D eigenvalue weighted by atomic mass is 32.1. The highest BCUT2D eigenvalue weighted by molar-refractivity contribution is 7.12. The zero-order valence-electron chi connectivity index (χ0n) is 14.1. The molecule has 3 aliphatic carbocycles. The average molecular weight is 331 g/mol. The van der Waals surface area contributed by atoms with Gasteiger partial charge in [0, 0.05) is 6.54 Å². The van der Waals surface area contributed by atoms with Crippen molar-refractivity contribution in [3.63, 3.8) is 0 Å². The van der Waals surface area contributed by atoms with Crippen LogP contribution in [0.25, 0.3) is 0 Å². The minimum Gasteiger partial charge on any atom is -0.355 e. The summed E-state index contributed by atoms with van der Waals surface area (Å²) in [6, 6.07) is 1.83. The van der Waals surface area contributed by atoms with Gasteiger partial charge in [0.2, 0.25) is 5.91 Å². The maximum absolute atomic E-state index is 12.0. The number of Topliss-reactive ketones (excluding diaryl/α,β-unsaturated/α-hetero) is 1. The first-order valence-electron chi connectivity index (χ1n) is 8.42. The van der Waals surface area contributed by atoms with E-state index >= 15 is 0 Å². The first-order valence-corrected chi connectivity index (χ1v) is 9.30. The maximum Gasteiger partial charge on any atom is 0.224 e. The lowest BCUT2D eigenvalue weighted by Crippen LogP contribution is -2.48. The van der Waals surface area contributed by atoms with Crippen LogP contribution in [-0.4, -0.2) is 18.2 Å². The summed E-state index contributed by atoms with van der Waals surface area (Å²) in [4.78, 5) is 24.0. The molecule has 3 aliphatic rings. The molecular weight excluding hydrogens is 306 g/mol. The van der Waals surface area contributed by atoms with Gasteiger partial charge in [0.25, 0.3) is 0 Å². The van der Waals surface area contributed by atoms with Gasteiger partial charge in [-0.25, -0.2) is 0 Å². The third-order valence-corrected chi connectivity index (χ3v) is 6.76. The van der Waals surface area contributed by atoms with Gasteiger partial charge in [-0.05, 0) is 60.4 Å². The molecule has 1 N–H and O–H groups in total. The summed E-state index contributed by atoms with van der Waals surface area (Å²) < 4.78 is 0. The van der Waals surface area contributed by atoms with Crippen molar-refractivity contribution in [3.05, 3.63) is 33.5 Å². The average Bonchev–Trinajstić information content (AvgIpc) is 2.96. The van der Waals surface area contributed by atoms with Crippen molar-refractivity contribution in [1.29, 1.82) is 0 Å². The fraction of sp³-hybridized carbons (Fsp3) is 0.579. The van der Waals surface area contributed by atoms with Gasteiger partial charge in [-0.3, -0.25) is 9.59 Å². The van der Waals surface area contributed by atoms with Gasteiger partial charge in [0.05, 0.1) is 11.3 Å². The highest BCUT2D eigenvalue weighted by Crippen LogP contribution is 2.59. The second-order valence-corrected chi connectivity index (χ2v) is 8.38. The first kappa shape index (κ1) is 16.4. The van der Waals surface area contributed by atoms with E-state index in [1.54, 1.807) is 6.92 Å². The van der Waals surface area contributed by atoms with Crippen LogP contribution >= 0.6 is 11.3 Å². The summed E-state index contributed by atoms with van der Waals surface area (Å²) in [5.41, 5.74) is 2.91. The first-order chi connectivity index (χ1) is 10.9. The lowest BCUT2D eigenvalue weighted by atomic mass is 9.48. The summed E-state index contributed by atoms with van der Waals surface area (Å²) in [6.07, 6.45) is 6.26. The summed E-state index contributed by atoms with van der Waals surface area (Å²) >= 11 is 1.41. The molecule has 124 valence electrons. The van der Waals surface area contributed by atoms with Gasteiger partial charge in [-0.2, -0.15) is 0 Å². The molecule has 0 spiro atoms. The molecule has 1 amide bonds. The number of hydrogen-bond acceptors (Lipinski definition) is 3. The van der Waals surface area contributed by atoms with E-state index in [-0.39, 0.29) is 11.7 Å². The third kappa shape index (κ3) is 3.27. The van der Waals surface area contributed by atoms with Crippen LogP contribution in [0.5, 0.6) is 0 Å². The van der Waals surface area contributed by atoms with E-state index in [4.69, 9.17) is 0 Å². The molecule has 0 aromatic carbocycles. The topological polar surface area (TPSA) is 46.2 Å². The molecule has 4 rings (SSSR count). The van der Waals surface area contributed by atoms with E-state index in [1.165, 1.54) is 29.8 Å². The fourth-order valence-corrected chi connectivity index (χ4v) is 4.82. The Balaban J connectivity index is 1.44. The van der Waals surface area contributed by atoms with Crippen LogP contribution < -0.4 is 5.32 Å². The number of allylic oxidation sites excluding steroid dienone is 1. The largest absolute Gasteiger partial charge is 0.355 e. The molecule has 1 saturated carbocycles. The van der Waals surface area contributed by atoms with Gasteiger partial charge in [0.15, 0.2) is 5.78 Å². The molecule has 1 aromatic heterocycles. The van der Waals surface area contributed by atoms with Gasteiger partial charge in [-0.1, -0.05) is 25.5 Å². The zero-order valence-corrected chi connectivity index (χ0v) is 15.0. The van der Waals surface area contributed by atoms with Crippen LogP contribution in [0.3, 0.4) is 0 Å². The van der Waals surface area contributed by atoms with E-state index in [0.29, 0.717) is 24.3 Å². The number of rotatable bonds is 6. The predicted molar refractivity (Wildman–Crippen MR) is 93.7 cm³/mol. The van der Waals surface area contributed by atoms with Crippen molar-refractivity contribution >= 4 is 23.0 Å². The third-order valence-electron chi connectivity index (χ3n) is 5.68. The smallest absolute Gasteiger partial charge is 0.224 e. The normalized spacial score (nSPS) is 24.6. The lowest BCUT2D eigenvalue weighted by molar-refractivity contribution is -0.120. The molecule has 23 heavy (non-hydrogen) atoms. The molecular formula is C19H25NO2S. The van der Waals surface area contributed by atoms with Crippen molar-refractivity contribution in [3.8, 4) is 0 Å². The van der Waals surface area contributed by atoms with Gasteiger partial charge >= 0.3 is 0 Å². The Morgan fingerprint density at radius 2 is 2.17 bits per heavy atom. The van der Waals surface area contributed by atoms with Crippen LogP contribution in [0.15, 0.2) is 23.1 Å². The van der Waals surface area contributed by atoms with Crippen molar-refractivity contribution < 1.29 is 9.59 Å². The highest BCUT2D eigenvalue weighted by Gasteiger charge is 2.50. The molecule has 0 radical (unpaired) electrons. The van der Waals surface area contributed by atoms with Crippen molar-refractivity contribution in [2.24, 2.45) is 17.3 Å². The van der Waals surface area contributed by atoms with E-state index in [2.05, 4.69) is 25.2 Å². The molecule has 0 unspecified atom stereocenters. The quantitative estimate of drug-likeness (QED) is 0.633. The summed E-state index contributed by atoms with van der Waals surface area (Å²) in [5, 5.41) is 4.92. The molecule has 1 fully saturated rings. The molecule has 2 atom stereocenters. The van der Waals surface area contributed by atoms with Crippen LogP contribution in [0.4, 0.5) is 0 Å². The molecule has 1 aromatic rings. The summed E-state index contributed by atoms with van der Waals surface area (Å²) in [7, 11) is 0. The van der Waals surface area contributed by atoms with Crippen molar-refractivity contribution in [2.75, 3.05) is 6.54 Å². The van der Waals surface area contributed by atoms with Crippen molar-refractivity contribution in [1.82, 2.24) is 5.32 Å². The minimum atomic E-state index is 0.0417. The molecule has 0 saturated heterocycles. The Hall–Kier alpha value is -1.42. The van der Waals surface area contributed by atoms with Crippen LogP contribution in [0, 0.1) is 17.3 Å². The monoisotopic (exact) mass is 331 g/mol. The lowest BCUT2D eigenvalue weighted by Gasteiger charge is -2.56. The van der Waals surface area contributed by atoms with E-state index < -0.39 is 0 Å². The Morgan fingerprint density at radius 3 is 2.78 bits per heavy atom. The second kappa shape index (κ2) is 6.23. The number of ketones is 1. The van der Waals surface area contributed by atoms with Gasteiger partial charge < -0.3 is 5.32 Å². The number of carbonyl (C=O) groups excluding carboxylic acids is 2. The number of amides is 1. The van der Waals surface area contributed by atoms with Crippen LogP contribution in [0.1, 0.15) is 55.3 Å². The Labute approximate surface area is 142 Å². The molecule has 2 bridgehead atoms. The van der Waals surface area contributed by atoms with Crippen molar-refractivity contribution in [2.45, 2.75) is 46.5 Å². The number of carbonyl (C=O) groups is 2. The van der Waals surface area contributed by atoms with E-state index in [1.807, 2.05) is 11.4 Å². The second-order valence-electron chi connectivity index (χ2n) is 7.47. The molecule has 3 nitrogen and oxygen atoms in total. The number of hydrogen-bond donors (Lipinski definition) is 1. The number of thiophene rings is 1. The summed E-state index contributed by atoms with van der Waals surface area (Å²) in [5.74, 6) is 1.68. The van der Waals surface area contributed by atoms with Gasteiger partial charge in [-0.15, -0.1) is 11.3 Å². The number of fused-ring (bicyclic) bond motifs is 1.